The molecule has 0 aliphatic carbocycles. The van der Waals surface area contributed by atoms with Crippen LogP contribution in [0.25, 0.3) is 0 Å². The highest BCUT2D eigenvalue weighted by Crippen LogP contribution is 2.27. The molecule has 2 aromatic rings. The molecule has 1 unspecified atom stereocenters. The van der Waals surface area contributed by atoms with E-state index in [1.54, 1.807) is 13.0 Å². The van der Waals surface area contributed by atoms with Crippen molar-refractivity contribution in [2.75, 3.05) is 13.1 Å². The quantitative estimate of drug-likeness (QED) is 0.884. The van der Waals surface area contributed by atoms with Crippen LogP contribution in [0.3, 0.4) is 0 Å². The number of hydrogen-bond donors (Lipinski definition) is 1. The second-order valence-corrected chi connectivity index (χ2v) is 6.48. The number of rotatable bonds is 5. The molecule has 0 bridgehead atoms. The van der Waals surface area contributed by atoms with Crippen LogP contribution in [0.15, 0.2) is 34.7 Å². The highest BCUT2D eigenvalue weighted by atomic mass is 35.5. The second kappa shape index (κ2) is 7.28. The molecule has 6 heteroatoms. The van der Waals surface area contributed by atoms with Gasteiger partial charge in [0.2, 0.25) is 5.76 Å². The lowest BCUT2D eigenvalue weighted by Crippen LogP contribution is -2.40. The minimum atomic E-state index is -1.03. The molecule has 1 atom stereocenters. The number of halogens is 1. The van der Waals surface area contributed by atoms with Gasteiger partial charge in [-0.25, -0.2) is 4.79 Å². The molecule has 1 aliphatic heterocycles. The van der Waals surface area contributed by atoms with Crippen LogP contribution in [0.5, 0.6) is 5.75 Å². The fourth-order valence-corrected chi connectivity index (χ4v) is 3.21. The Morgan fingerprint density at radius 1 is 1.46 bits per heavy atom. The number of furan rings is 1. The van der Waals surface area contributed by atoms with Gasteiger partial charge < -0.3 is 14.3 Å². The predicted octanol–water partition coefficient (Wildman–Crippen LogP) is 3.98. The zero-order chi connectivity index (χ0) is 17.1. The Kier molecular flexibility index (Phi) is 5.11. The fourth-order valence-electron chi connectivity index (χ4n) is 3.03. The molecule has 0 radical (unpaired) electrons. The SMILES string of the molecule is Cc1cc(CN2CCCC(Oc3ccccc3Cl)C2)oc1C(=O)O. The maximum Gasteiger partial charge on any atom is 0.372 e. The molecule has 1 aromatic heterocycles. The van der Waals surface area contributed by atoms with E-state index in [0.717, 1.165) is 25.9 Å². The first-order valence-electron chi connectivity index (χ1n) is 7.99. The molecule has 0 spiro atoms. The number of carboxylic acid groups (broad SMARTS) is 1. The van der Waals surface area contributed by atoms with Gasteiger partial charge >= 0.3 is 5.97 Å². The average molecular weight is 350 g/mol. The smallest absolute Gasteiger partial charge is 0.372 e. The summed E-state index contributed by atoms with van der Waals surface area (Å²) in [5, 5.41) is 9.69. The third-order valence-electron chi connectivity index (χ3n) is 4.14. The number of ether oxygens (including phenoxy) is 1. The minimum absolute atomic E-state index is 0.0193. The Balaban J connectivity index is 1.62. The molecule has 5 nitrogen and oxygen atoms in total. The summed E-state index contributed by atoms with van der Waals surface area (Å²) in [5.74, 6) is 0.361. The number of benzene rings is 1. The molecule has 2 heterocycles. The second-order valence-electron chi connectivity index (χ2n) is 6.08. The minimum Gasteiger partial charge on any atom is -0.488 e. The summed E-state index contributed by atoms with van der Waals surface area (Å²) in [4.78, 5) is 13.3. The van der Waals surface area contributed by atoms with Gasteiger partial charge in [-0.1, -0.05) is 23.7 Å². The van der Waals surface area contributed by atoms with Crippen LogP contribution < -0.4 is 4.74 Å². The van der Waals surface area contributed by atoms with E-state index < -0.39 is 5.97 Å². The van der Waals surface area contributed by atoms with Crippen LogP contribution in [0.1, 0.15) is 34.7 Å². The Labute approximate surface area is 145 Å². The topological polar surface area (TPSA) is 62.9 Å². The molecule has 128 valence electrons. The maximum atomic E-state index is 11.1. The molecule has 1 fully saturated rings. The molecular weight excluding hydrogens is 330 g/mol. The van der Waals surface area contributed by atoms with Gasteiger partial charge in [0.25, 0.3) is 0 Å². The number of piperidine rings is 1. The molecule has 1 aromatic carbocycles. The van der Waals surface area contributed by atoms with Crippen LogP contribution in [0.2, 0.25) is 5.02 Å². The largest absolute Gasteiger partial charge is 0.488 e. The third-order valence-corrected chi connectivity index (χ3v) is 4.45. The van der Waals surface area contributed by atoms with Crippen LogP contribution in [0, 0.1) is 6.92 Å². The van der Waals surface area contributed by atoms with E-state index in [9.17, 15) is 4.79 Å². The lowest BCUT2D eigenvalue weighted by atomic mass is 10.1. The van der Waals surface area contributed by atoms with Gasteiger partial charge in [0.1, 0.15) is 17.6 Å². The van der Waals surface area contributed by atoms with Gasteiger partial charge in [0.15, 0.2) is 0 Å². The number of aromatic carboxylic acids is 1. The van der Waals surface area contributed by atoms with E-state index in [2.05, 4.69) is 4.90 Å². The van der Waals surface area contributed by atoms with Crippen molar-refractivity contribution in [3.63, 3.8) is 0 Å². The molecule has 1 aliphatic rings. The van der Waals surface area contributed by atoms with Crippen LogP contribution in [-0.2, 0) is 6.54 Å². The summed E-state index contributed by atoms with van der Waals surface area (Å²) in [7, 11) is 0. The zero-order valence-corrected chi connectivity index (χ0v) is 14.3. The van der Waals surface area contributed by atoms with Crippen molar-refractivity contribution in [1.82, 2.24) is 4.90 Å². The summed E-state index contributed by atoms with van der Waals surface area (Å²) < 4.78 is 11.5. The molecule has 3 rings (SSSR count). The van der Waals surface area contributed by atoms with E-state index >= 15 is 0 Å². The summed E-state index contributed by atoms with van der Waals surface area (Å²) in [6.07, 6.45) is 2.05. The number of aryl methyl sites for hydroxylation is 1. The monoisotopic (exact) mass is 349 g/mol. The molecular formula is C18H20ClNO4. The standard InChI is InChI=1S/C18H20ClNO4/c1-12-9-14(24-17(12)18(21)22)11-20-8-4-5-13(10-20)23-16-7-3-2-6-15(16)19/h2-3,6-7,9,13H,4-5,8,10-11H2,1H3,(H,21,22). The summed E-state index contributed by atoms with van der Waals surface area (Å²) in [5.41, 5.74) is 0.651. The highest BCUT2D eigenvalue weighted by molar-refractivity contribution is 6.32. The van der Waals surface area contributed by atoms with Gasteiger partial charge in [-0.15, -0.1) is 0 Å². The fraction of sp³-hybridized carbons (Fsp3) is 0.389. The number of para-hydroxylation sites is 1. The van der Waals surface area contributed by atoms with E-state index in [1.165, 1.54) is 0 Å². The maximum absolute atomic E-state index is 11.1. The Morgan fingerprint density at radius 3 is 2.96 bits per heavy atom. The van der Waals surface area contributed by atoms with Crippen LogP contribution in [0.4, 0.5) is 0 Å². The van der Waals surface area contributed by atoms with Gasteiger partial charge in [-0.3, -0.25) is 4.90 Å². The van der Waals surface area contributed by atoms with Crippen molar-refractivity contribution >= 4 is 17.6 Å². The van der Waals surface area contributed by atoms with Crippen molar-refractivity contribution in [2.45, 2.75) is 32.4 Å². The first-order chi connectivity index (χ1) is 11.5. The first kappa shape index (κ1) is 16.9. The highest BCUT2D eigenvalue weighted by Gasteiger charge is 2.24. The van der Waals surface area contributed by atoms with Crippen molar-refractivity contribution in [3.05, 3.63) is 52.4 Å². The van der Waals surface area contributed by atoms with Crippen LogP contribution >= 0.6 is 11.6 Å². The Morgan fingerprint density at radius 2 is 2.25 bits per heavy atom. The molecule has 0 amide bonds. The number of carbonyl (C=O) groups is 1. The van der Waals surface area contributed by atoms with Gasteiger partial charge in [0.05, 0.1) is 11.6 Å². The number of likely N-dealkylation sites (tertiary alicyclic amines) is 1. The summed E-state index contributed by atoms with van der Waals surface area (Å²) in [6, 6.07) is 9.26. The van der Waals surface area contributed by atoms with Crippen molar-refractivity contribution < 1.29 is 19.1 Å². The zero-order valence-electron chi connectivity index (χ0n) is 13.5. The van der Waals surface area contributed by atoms with E-state index in [1.807, 2.05) is 24.3 Å². The molecule has 24 heavy (non-hydrogen) atoms. The summed E-state index contributed by atoms with van der Waals surface area (Å²) >= 11 is 6.15. The van der Waals surface area contributed by atoms with Gasteiger partial charge in [-0.05, 0) is 44.5 Å². The van der Waals surface area contributed by atoms with Crippen molar-refractivity contribution in [2.24, 2.45) is 0 Å². The number of carboxylic acids is 1. The van der Waals surface area contributed by atoms with Crippen LogP contribution in [-0.4, -0.2) is 35.2 Å². The van der Waals surface area contributed by atoms with E-state index in [4.69, 9.17) is 25.9 Å². The molecule has 1 N–H and O–H groups in total. The summed E-state index contributed by atoms with van der Waals surface area (Å²) in [6.45, 7) is 4.02. The predicted molar refractivity (Wildman–Crippen MR) is 90.8 cm³/mol. The molecule has 1 saturated heterocycles. The Bertz CT molecular complexity index is 728. The number of nitrogens with zero attached hydrogens (tertiary/aromatic N) is 1. The lowest BCUT2D eigenvalue weighted by molar-refractivity contribution is 0.0644. The first-order valence-corrected chi connectivity index (χ1v) is 8.37. The van der Waals surface area contributed by atoms with Crippen molar-refractivity contribution in [1.29, 1.82) is 0 Å². The normalized spacial score (nSPS) is 18.5. The van der Waals surface area contributed by atoms with E-state index in [-0.39, 0.29) is 11.9 Å². The Hall–Kier alpha value is -1.98. The number of hydrogen-bond acceptors (Lipinski definition) is 4. The lowest BCUT2D eigenvalue weighted by Gasteiger charge is -2.32. The van der Waals surface area contributed by atoms with Crippen molar-refractivity contribution in [3.8, 4) is 5.75 Å². The molecule has 0 saturated carbocycles. The van der Waals surface area contributed by atoms with E-state index in [0.29, 0.717) is 28.6 Å². The van der Waals surface area contributed by atoms with Gasteiger partial charge in [0, 0.05) is 12.1 Å². The van der Waals surface area contributed by atoms with Gasteiger partial charge in [-0.2, -0.15) is 0 Å². The average Bonchev–Trinajstić information content (AvgIpc) is 2.91. The third kappa shape index (κ3) is 3.91.